The van der Waals surface area contributed by atoms with Crippen molar-refractivity contribution >= 4 is 34.2 Å². The van der Waals surface area contributed by atoms with Crippen molar-refractivity contribution in [1.29, 1.82) is 0 Å². The van der Waals surface area contributed by atoms with E-state index in [0.29, 0.717) is 0 Å². The summed E-state index contributed by atoms with van der Waals surface area (Å²) in [6.45, 7) is 6.64. The van der Waals surface area contributed by atoms with Crippen molar-refractivity contribution in [2.75, 3.05) is 29.9 Å². The van der Waals surface area contributed by atoms with E-state index in [9.17, 15) is 0 Å². The van der Waals surface area contributed by atoms with Gasteiger partial charge in [0.25, 0.3) is 0 Å². The fourth-order valence-electron chi connectivity index (χ4n) is 5.64. The third-order valence-electron chi connectivity index (χ3n) is 7.46. The molecule has 5 nitrogen and oxygen atoms in total. The number of hydrogen-bond acceptors (Lipinski definition) is 5. The first-order chi connectivity index (χ1) is 15.0. The first-order valence-electron chi connectivity index (χ1n) is 11.3. The third kappa shape index (κ3) is 2.43. The molecule has 158 valence electrons. The number of aliphatic imine (C=N–C) groups is 1. The van der Waals surface area contributed by atoms with Gasteiger partial charge in [0, 0.05) is 54.4 Å². The second-order valence-corrected chi connectivity index (χ2v) is 9.45. The standard InChI is InChI=1S/C26H28N4O/c1-25(2)20-12-9-13-27-24(20)29(3)26(25)17-28-23-19-11-6-5-10-18(19)21(16-22(23)31-26)30-14-7-4-8-15-30/h5-6,9-13,16-17H,4,7-8,14-15H2,1-3H3. The summed E-state index contributed by atoms with van der Waals surface area (Å²) in [5.74, 6) is 1.81. The van der Waals surface area contributed by atoms with Gasteiger partial charge in [-0.25, -0.2) is 4.98 Å². The Balaban J connectivity index is 1.53. The van der Waals surface area contributed by atoms with Crippen LogP contribution in [0.1, 0.15) is 38.7 Å². The second-order valence-electron chi connectivity index (χ2n) is 9.45. The zero-order chi connectivity index (χ0) is 21.2. The molecule has 1 fully saturated rings. The molecule has 1 spiro atoms. The summed E-state index contributed by atoms with van der Waals surface area (Å²) in [7, 11) is 2.06. The second kappa shape index (κ2) is 6.46. The summed E-state index contributed by atoms with van der Waals surface area (Å²) < 4.78 is 6.94. The van der Waals surface area contributed by atoms with Crippen LogP contribution in [0.25, 0.3) is 10.8 Å². The molecule has 1 unspecified atom stereocenters. The van der Waals surface area contributed by atoms with Crippen molar-refractivity contribution in [2.24, 2.45) is 4.99 Å². The lowest BCUT2D eigenvalue weighted by Crippen LogP contribution is -2.61. The molecule has 5 heteroatoms. The van der Waals surface area contributed by atoms with E-state index < -0.39 is 5.72 Å². The minimum Gasteiger partial charge on any atom is -0.459 e. The lowest BCUT2D eigenvalue weighted by atomic mass is 9.78. The lowest BCUT2D eigenvalue weighted by Gasteiger charge is -2.45. The highest BCUT2D eigenvalue weighted by Gasteiger charge is 2.59. The molecule has 3 aromatic rings. The Kier molecular flexibility index (Phi) is 3.89. The molecule has 0 aliphatic carbocycles. The molecule has 0 radical (unpaired) electrons. The van der Waals surface area contributed by atoms with E-state index in [1.54, 1.807) is 0 Å². The fourth-order valence-corrected chi connectivity index (χ4v) is 5.64. The number of hydrogen-bond donors (Lipinski definition) is 0. The van der Waals surface area contributed by atoms with E-state index >= 15 is 0 Å². The predicted octanol–water partition coefficient (Wildman–Crippen LogP) is 5.44. The Hall–Kier alpha value is -3.08. The van der Waals surface area contributed by atoms with Gasteiger partial charge in [0.1, 0.15) is 11.5 Å². The van der Waals surface area contributed by atoms with Gasteiger partial charge in [-0.15, -0.1) is 0 Å². The van der Waals surface area contributed by atoms with Crippen LogP contribution in [0.3, 0.4) is 0 Å². The van der Waals surface area contributed by atoms with Gasteiger partial charge in [-0.3, -0.25) is 4.99 Å². The number of pyridine rings is 1. The van der Waals surface area contributed by atoms with E-state index in [1.807, 2.05) is 18.5 Å². The van der Waals surface area contributed by atoms with Gasteiger partial charge in [-0.2, -0.15) is 0 Å². The van der Waals surface area contributed by atoms with Crippen molar-refractivity contribution in [2.45, 2.75) is 44.2 Å². The van der Waals surface area contributed by atoms with Crippen molar-refractivity contribution in [3.63, 3.8) is 0 Å². The van der Waals surface area contributed by atoms with Gasteiger partial charge < -0.3 is 14.5 Å². The summed E-state index contributed by atoms with van der Waals surface area (Å²) in [6.07, 6.45) is 7.63. The maximum atomic E-state index is 6.94. The first kappa shape index (κ1) is 18.7. The van der Waals surface area contributed by atoms with Crippen LogP contribution >= 0.6 is 0 Å². The first-order valence-corrected chi connectivity index (χ1v) is 11.3. The maximum Gasteiger partial charge on any atom is 0.229 e. The monoisotopic (exact) mass is 412 g/mol. The molecule has 1 aromatic heterocycles. The average molecular weight is 413 g/mol. The number of likely N-dealkylation sites (N-methyl/N-ethyl adjacent to an activating group) is 1. The molecule has 3 aliphatic rings. The Labute approximate surface area is 183 Å². The SMILES string of the molecule is CN1c2ncccc2C(C)(C)C12C=Nc1c(cc(N3CCCCC3)c3ccccc13)O2. The highest BCUT2D eigenvalue weighted by atomic mass is 16.5. The summed E-state index contributed by atoms with van der Waals surface area (Å²) in [5, 5.41) is 2.41. The van der Waals surface area contributed by atoms with Crippen molar-refractivity contribution in [3.05, 3.63) is 54.2 Å². The molecule has 1 atom stereocenters. The number of ether oxygens (including phenoxy) is 1. The molecule has 1 saturated heterocycles. The Morgan fingerprint density at radius 1 is 0.968 bits per heavy atom. The number of rotatable bonds is 1. The molecule has 0 saturated carbocycles. The summed E-state index contributed by atoms with van der Waals surface area (Å²) in [4.78, 5) is 14.3. The van der Waals surface area contributed by atoms with Gasteiger partial charge in [0.15, 0.2) is 5.75 Å². The summed E-state index contributed by atoms with van der Waals surface area (Å²) in [5.41, 5.74) is 2.36. The van der Waals surface area contributed by atoms with E-state index in [-0.39, 0.29) is 5.41 Å². The van der Waals surface area contributed by atoms with Crippen LogP contribution in [0.2, 0.25) is 0 Å². The predicted molar refractivity (Wildman–Crippen MR) is 127 cm³/mol. The number of aromatic nitrogens is 1. The number of anilines is 2. The molecule has 2 aromatic carbocycles. The van der Waals surface area contributed by atoms with Crippen LogP contribution in [-0.2, 0) is 5.41 Å². The molecule has 6 rings (SSSR count). The highest BCUT2D eigenvalue weighted by Crippen LogP contribution is 2.54. The zero-order valence-electron chi connectivity index (χ0n) is 18.4. The van der Waals surface area contributed by atoms with Gasteiger partial charge in [-0.05, 0) is 39.2 Å². The molecular weight excluding hydrogens is 384 g/mol. The van der Waals surface area contributed by atoms with Gasteiger partial charge in [0.2, 0.25) is 5.72 Å². The molecule has 3 aliphatic heterocycles. The van der Waals surface area contributed by atoms with Gasteiger partial charge in [0.05, 0.1) is 11.6 Å². The Morgan fingerprint density at radius 2 is 1.74 bits per heavy atom. The van der Waals surface area contributed by atoms with E-state index in [0.717, 1.165) is 35.7 Å². The number of fused-ring (bicyclic) bond motifs is 4. The van der Waals surface area contributed by atoms with Crippen LogP contribution in [0.15, 0.2) is 53.7 Å². The largest absolute Gasteiger partial charge is 0.459 e. The lowest BCUT2D eigenvalue weighted by molar-refractivity contribution is 0.0825. The van der Waals surface area contributed by atoms with Crippen LogP contribution in [-0.4, -0.2) is 37.1 Å². The van der Waals surface area contributed by atoms with Crippen molar-refractivity contribution in [3.8, 4) is 5.75 Å². The quantitative estimate of drug-likeness (QED) is 0.533. The zero-order valence-corrected chi connectivity index (χ0v) is 18.4. The Bertz CT molecular complexity index is 1210. The van der Waals surface area contributed by atoms with Gasteiger partial charge >= 0.3 is 0 Å². The normalized spacial score (nSPS) is 23.7. The van der Waals surface area contributed by atoms with E-state index in [1.165, 1.54) is 35.9 Å². The topological polar surface area (TPSA) is 41.0 Å². The number of nitrogens with zero attached hydrogens (tertiary/aromatic N) is 4. The van der Waals surface area contributed by atoms with E-state index in [2.05, 4.69) is 72.1 Å². The van der Waals surface area contributed by atoms with Crippen molar-refractivity contribution < 1.29 is 4.74 Å². The molecule has 31 heavy (non-hydrogen) atoms. The van der Waals surface area contributed by atoms with E-state index in [4.69, 9.17) is 9.73 Å². The molecule has 4 heterocycles. The summed E-state index contributed by atoms with van der Waals surface area (Å²) >= 11 is 0. The highest BCUT2D eigenvalue weighted by molar-refractivity contribution is 6.06. The molecule has 0 bridgehead atoms. The maximum absolute atomic E-state index is 6.94. The molecular formula is C26H28N4O. The minimum atomic E-state index is -0.710. The van der Waals surface area contributed by atoms with Crippen molar-refractivity contribution in [1.82, 2.24) is 4.98 Å². The number of piperidine rings is 1. The molecule has 0 amide bonds. The fraction of sp³-hybridized carbons (Fsp3) is 0.385. The van der Waals surface area contributed by atoms with Gasteiger partial charge in [-0.1, -0.05) is 30.3 Å². The smallest absolute Gasteiger partial charge is 0.229 e. The molecule has 0 N–H and O–H groups in total. The van der Waals surface area contributed by atoms with Crippen LogP contribution in [0, 0.1) is 0 Å². The minimum absolute atomic E-state index is 0.302. The van der Waals surface area contributed by atoms with Crippen LogP contribution in [0.4, 0.5) is 17.2 Å². The van der Waals surface area contributed by atoms with Crippen LogP contribution < -0.4 is 14.5 Å². The number of benzene rings is 2. The third-order valence-corrected chi connectivity index (χ3v) is 7.46. The summed E-state index contributed by atoms with van der Waals surface area (Å²) in [6, 6.07) is 15.0. The van der Waals surface area contributed by atoms with Crippen LogP contribution in [0.5, 0.6) is 5.75 Å². The average Bonchev–Trinajstić information content (AvgIpc) is 2.97. The Morgan fingerprint density at radius 3 is 2.52 bits per heavy atom.